The molecule has 0 aliphatic carbocycles. The van der Waals surface area contributed by atoms with Crippen LogP contribution >= 0.6 is 11.6 Å². The van der Waals surface area contributed by atoms with Crippen LogP contribution in [0.15, 0.2) is 41.0 Å². The van der Waals surface area contributed by atoms with Crippen molar-refractivity contribution in [2.45, 2.75) is 17.4 Å². The summed E-state index contributed by atoms with van der Waals surface area (Å²) in [7, 11) is -3.43. The summed E-state index contributed by atoms with van der Waals surface area (Å²) in [5, 5.41) is -0.632. The first-order valence-corrected chi connectivity index (χ1v) is 9.44. The first-order chi connectivity index (χ1) is 11.4. The van der Waals surface area contributed by atoms with Crippen LogP contribution in [0.5, 0.6) is 0 Å². The summed E-state index contributed by atoms with van der Waals surface area (Å²) in [5.41, 5.74) is 0.169. The number of hydrogen-bond acceptors (Lipinski definition) is 4. The summed E-state index contributed by atoms with van der Waals surface area (Å²) in [6.45, 7) is 0.407. The minimum atomic E-state index is -3.43. The fourth-order valence-corrected chi connectivity index (χ4v) is 4.67. The van der Waals surface area contributed by atoms with Crippen molar-refractivity contribution in [2.75, 3.05) is 13.1 Å². The molecule has 1 amide bonds. The number of sulfone groups is 1. The van der Waals surface area contributed by atoms with E-state index in [1.807, 2.05) is 0 Å². The molecule has 0 saturated carbocycles. The van der Waals surface area contributed by atoms with Gasteiger partial charge in [0.1, 0.15) is 17.3 Å². The summed E-state index contributed by atoms with van der Waals surface area (Å²) in [4.78, 5) is 13.9. The monoisotopic (exact) mass is 371 g/mol. The maximum absolute atomic E-state index is 13.1. The summed E-state index contributed by atoms with van der Waals surface area (Å²) in [5.74, 6) is -0.738. The lowest BCUT2D eigenvalue weighted by atomic mass is 10.2. The molecule has 0 spiro atoms. The predicted octanol–water partition coefficient (Wildman–Crippen LogP) is 2.90. The SMILES string of the molecule is O=C(c1ccc(F)cc1Cl)N1CC[C@@H](S(=O)(=O)Cc2ccco2)C1. The van der Waals surface area contributed by atoms with Crippen molar-refractivity contribution < 1.29 is 22.0 Å². The third kappa shape index (κ3) is 3.47. The van der Waals surface area contributed by atoms with E-state index in [9.17, 15) is 17.6 Å². The molecular weight excluding hydrogens is 357 g/mol. The van der Waals surface area contributed by atoms with Crippen LogP contribution in [0.2, 0.25) is 5.02 Å². The first-order valence-electron chi connectivity index (χ1n) is 7.35. The molecule has 3 rings (SSSR count). The molecule has 0 bridgehead atoms. The van der Waals surface area contributed by atoms with Gasteiger partial charge < -0.3 is 9.32 Å². The van der Waals surface area contributed by atoms with Crippen LogP contribution in [0, 0.1) is 5.82 Å². The van der Waals surface area contributed by atoms with E-state index in [1.54, 1.807) is 12.1 Å². The molecule has 1 fully saturated rings. The van der Waals surface area contributed by atoms with Gasteiger partial charge >= 0.3 is 0 Å². The second-order valence-corrected chi connectivity index (χ2v) is 8.36. The number of carbonyl (C=O) groups is 1. The third-order valence-corrected chi connectivity index (χ3v) is 6.43. The molecular formula is C16H15ClFNO4S. The minimum Gasteiger partial charge on any atom is -0.468 e. The standard InChI is InChI=1S/C16H15ClFNO4S/c17-15-8-11(18)3-4-14(15)16(20)19-6-5-13(9-19)24(21,22)10-12-2-1-7-23-12/h1-4,7-8,13H,5-6,9-10H2/t13-/m1/s1. The van der Waals surface area contributed by atoms with Crippen LogP contribution in [0.4, 0.5) is 4.39 Å². The Morgan fingerprint density at radius 2 is 2.17 bits per heavy atom. The molecule has 0 unspecified atom stereocenters. The summed E-state index contributed by atoms with van der Waals surface area (Å²) in [6, 6.07) is 6.76. The third-order valence-electron chi connectivity index (χ3n) is 4.03. The Morgan fingerprint density at radius 1 is 1.38 bits per heavy atom. The quantitative estimate of drug-likeness (QED) is 0.828. The van der Waals surface area contributed by atoms with Crippen molar-refractivity contribution in [1.29, 1.82) is 0 Å². The highest BCUT2D eigenvalue weighted by atomic mass is 35.5. The largest absolute Gasteiger partial charge is 0.468 e. The lowest BCUT2D eigenvalue weighted by Crippen LogP contribution is -2.32. The zero-order chi connectivity index (χ0) is 17.3. The number of benzene rings is 1. The normalized spacial score (nSPS) is 18.1. The van der Waals surface area contributed by atoms with Crippen LogP contribution in [0.1, 0.15) is 22.5 Å². The average Bonchev–Trinajstić information content (AvgIpc) is 3.17. The van der Waals surface area contributed by atoms with E-state index < -0.39 is 26.8 Å². The van der Waals surface area contributed by atoms with E-state index in [0.29, 0.717) is 18.7 Å². The van der Waals surface area contributed by atoms with Gasteiger partial charge in [0, 0.05) is 13.1 Å². The van der Waals surface area contributed by atoms with E-state index in [4.69, 9.17) is 16.0 Å². The highest BCUT2D eigenvalue weighted by Crippen LogP contribution is 2.25. The molecule has 128 valence electrons. The van der Waals surface area contributed by atoms with Gasteiger partial charge in [0.2, 0.25) is 0 Å². The van der Waals surface area contributed by atoms with Gasteiger partial charge in [-0.05, 0) is 36.8 Å². The molecule has 1 aliphatic heterocycles. The van der Waals surface area contributed by atoms with Crippen LogP contribution in [0.3, 0.4) is 0 Å². The van der Waals surface area contributed by atoms with E-state index in [1.165, 1.54) is 17.2 Å². The number of likely N-dealkylation sites (tertiary alicyclic amines) is 1. The molecule has 0 radical (unpaired) electrons. The molecule has 2 heterocycles. The van der Waals surface area contributed by atoms with Crippen molar-refractivity contribution in [2.24, 2.45) is 0 Å². The zero-order valence-corrected chi connectivity index (χ0v) is 14.2. The molecule has 1 aromatic carbocycles. The Labute approximate surface area is 143 Å². The molecule has 1 aliphatic rings. The van der Waals surface area contributed by atoms with Crippen molar-refractivity contribution in [3.63, 3.8) is 0 Å². The summed E-state index contributed by atoms with van der Waals surface area (Å²) in [6.07, 6.45) is 1.78. The van der Waals surface area contributed by atoms with Gasteiger partial charge in [0.05, 0.1) is 22.1 Å². The zero-order valence-electron chi connectivity index (χ0n) is 12.6. The summed E-state index contributed by atoms with van der Waals surface area (Å²) < 4.78 is 43.1. The fourth-order valence-electron chi connectivity index (χ4n) is 2.75. The van der Waals surface area contributed by atoms with Gasteiger partial charge in [0.15, 0.2) is 9.84 Å². The van der Waals surface area contributed by atoms with E-state index in [2.05, 4.69) is 0 Å². The van der Waals surface area contributed by atoms with Crippen molar-refractivity contribution in [3.05, 3.63) is 58.8 Å². The van der Waals surface area contributed by atoms with Gasteiger partial charge in [-0.25, -0.2) is 12.8 Å². The Balaban J connectivity index is 1.71. The molecule has 1 aromatic heterocycles. The first kappa shape index (κ1) is 17.0. The molecule has 1 atom stereocenters. The number of amides is 1. The fraction of sp³-hybridized carbons (Fsp3) is 0.312. The number of furan rings is 1. The van der Waals surface area contributed by atoms with Crippen LogP contribution in [-0.4, -0.2) is 37.6 Å². The van der Waals surface area contributed by atoms with Crippen molar-refractivity contribution in [1.82, 2.24) is 4.90 Å². The lowest BCUT2D eigenvalue weighted by Gasteiger charge is -2.17. The molecule has 5 nitrogen and oxygen atoms in total. The molecule has 1 saturated heterocycles. The second-order valence-electron chi connectivity index (χ2n) is 5.67. The minimum absolute atomic E-state index is 0.0156. The highest BCUT2D eigenvalue weighted by Gasteiger charge is 2.36. The second kappa shape index (κ2) is 6.57. The van der Waals surface area contributed by atoms with Crippen molar-refractivity contribution >= 4 is 27.3 Å². The Bertz CT molecular complexity index is 851. The number of halogens is 2. The average molecular weight is 372 g/mol. The van der Waals surface area contributed by atoms with E-state index >= 15 is 0 Å². The van der Waals surface area contributed by atoms with Gasteiger partial charge in [-0.15, -0.1) is 0 Å². The summed E-state index contributed by atoms with van der Waals surface area (Å²) >= 11 is 5.91. The lowest BCUT2D eigenvalue weighted by molar-refractivity contribution is 0.0793. The van der Waals surface area contributed by atoms with E-state index in [0.717, 1.165) is 12.1 Å². The van der Waals surface area contributed by atoms with Crippen LogP contribution < -0.4 is 0 Å². The predicted molar refractivity (Wildman–Crippen MR) is 87.1 cm³/mol. The van der Waals surface area contributed by atoms with Gasteiger partial charge in [-0.1, -0.05) is 11.6 Å². The Hall–Kier alpha value is -1.86. The number of nitrogens with zero attached hydrogens (tertiary/aromatic N) is 1. The van der Waals surface area contributed by atoms with Gasteiger partial charge in [0.25, 0.3) is 5.91 Å². The molecule has 2 aromatic rings. The highest BCUT2D eigenvalue weighted by molar-refractivity contribution is 7.91. The van der Waals surface area contributed by atoms with Crippen LogP contribution in [-0.2, 0) is 15.6 Å². The molecule has 8 heteroatoms. The van der Waals surface area contributed by atoms with Crippen LogP contribution in [0.25, 0.3) is 0 Å². The van der Waals surface area contributed by atoms with Gasteiger partial charge in [-0.3, -0.25) is 4.79 Å². The van der Waals surface area contributed by atoms with Crippen molar-refractivity contribution in [3.8, 4) is 0 Å². The number of carbonyl (C=O) groups excluding carboxylic acids is 1. The van der Waals surface area contributed by atoms with Gasteiger partial charge in [-0.2, -0.15) is 0 Å². The smallest absolute Gasteiger partial charge is 0.255 e. The maximum atomic E-state index is 13.1. The topological polar surface area (TPSA) is 67.6 Å². The number of hydrogen-bond donors (Lipinski definition) is 0. The molecule has 24 heavy (non-hydrogen) atoms. The molecule has 0 N–H and O–H groups in total. The van der Waals surface area contributed by atoms with E-state index in [-0.39, 0.29) is 22.9 Å². The number of rotatable bonds is 4. The Kier molecular flexibility index (Phi) is 4.64. The Morgan fingerprint density at radius 3 is 2.83 bits per heavy atom. The maximum Gasteiger partial charge on any atom is 0.255 e.